The highest BCUT2D eigenvalue weighted by molar-refractivity contribution is 7.14. The molecule has 8 heteroatoms. The summed E-state index contributed by atoms with van der Waals surface area (Å²) in [6.07, 6.45) is 1.72. The van der Waals surface area contributed by atoms with Gasteiger partial charge in [-0.3, -0.25) is 19.7 Å². The van der Waals surface area contributed by atoms with E-state index in [9.17, 15) is 14.4 Å². The Balaban J connectivity index is 1.42. The number of hydrogen-bond donors (Lipinski definition) is 2. The second-order valence-corrected chi connectivity index (χ2v) is 9.16. The van der Waals surface area contributed by atoms with E-state index in [0.717, 1.165) is 29.7 Å². The topological polar surface area (TPSA) is 101 Å². The number of amides is 2. The maximum atomic E-state index is 12.7. The molecule has 4 rings (SSSR count). The first kappa shape index (κ1) is 23.4. The van der Waals surface area contributed by atoms with Crippen molar-refractivity contribution in [1.82, 2.24) is 10.3 Å². The van der Waals surface area contributed by atoms with Gasteiger partial charge in [0.2, 0.25) is 5.91 Å². The summed E-state index contributed by atoms with van der Waals surface area (Å²) in [6.45, 7) is 5.40. The van der Waals surface area contributed by atoms with Crippen LogP contribution < -0.4 is 16.1 Å². The normalized spacial score (nSPS) is 11.9. The van der Waals surface area contributed by atoms with Gasteiger partial charge in [0.05, 0.1) is 11.1 Å². The van der Waals surface area contributed by atoms with Gasteiger partial charge in [-0.25, -0.2) is 4.98 Å². The van der Waals surface area contributed by atoms with Crippen molar-refractivity contribution in [2.45, 2.75) is 39.7 Å². The van der Waals surface area contributed by atoms with Crippen molar-refractivity contribution in [3.05, 3.63) is 81.0 Å². The molecule has 2 amide bonds. The fraction of sp³-hybridized carbons (Fsp3) is 0.231. The van der Waals surface area contributed by atoms with Gasteiger partial charge in [-0.1, -0.05) is 35.9 Å². The molecule has 0 fully saturated rings. The van der Waals surface area contributed by atoms with E-state index in [4.69, 9.17) is 4.42 Å². The number of hydrogen-bond acceptors (Lipinski definition) is 6. The molecule has 0 saturated heterocycles. The second-order valence-electron chi connectivity index (χ2n) is 8.30. The molecule has 0 aliphatic heterocycles. The van der Waals surface area contributed by atoms with Crippen molar-refractivity contribution < 1.29 is 14.0 Å². The number of aromatic nitrogens is 1. The van der Waals surface area contributed by atoms with Crippen LogP contribution in [0, 0.1) is 6.92 Å². The maximum Gasteiger partial charge on any atom is 0.293 e. The predicted molar refractivity (Wildman–Crippen MR) is 134 cm³/mol. The molecule has 0 saturated carbocycles. The average molecular weight is 476 g/mol. The molecule has 0 unspecified atom stereocenters. The van der Waals surface area contributed by atoms with Crippen LogP contribution in [-0.4, -0.2) is 22.8 Å². The van der Waals surface area contributed by atoms with Crippen LogP contribution in [0.1, 0.15) is 41.9 Å². The first-order chi connectivity index (χ1) is 16.3. The number of thiazole rings is 1. The predicted octanol–water partition coefficient (Wildman–Crippen LogP) is 4.93. The van der Waals surface area contributed by atoms with Crippen LogP contribution in [0.4, 0.5) is 5.13 Å². The molecular formula is C26H25N3O4S. The average Bonchev–Trinajstić information content (AvgIpc) is 3.26. The van der Waals surface area contributed by atoms with Crippen LogP contribution in [0.5, 0.6) is 0 Å². The van der Waals surface area contributed by atoms with E-state index in [1.165, 1.54) is 29.9 Å². The largest absolute Gasteiger partial charge is 0.451 e. The van der Waals surface area contributed by atoms with Gasteiger partial charge in [0, 0.05) is 30.0 Å². The number of carbonyl (C=O) groups excluding carboxylic acids is 2. The molecule has 0 bridgehead atoms. The van der Waals surface area contributed by atoms with E-state index < -0.39 is 5.91 Å². The van der Waals surface area contributed by atoms with E-state index in [-0.39, 0.29) is 23.1 Å². The lowest BCUT2D eigenvalue weighted by Gasteiger charge is -2.12. The van der Waals surface area contributed by atoms with Gasteiger partial charge in [0.15, 0.2) is 16.3 Å². The van der Waals surface area contributed by atoms with Crippen LogP contribution in [-0.2, 0) is 11.2 Å². The molecule has 2 aromatic carbocycles. The number of nitrogens with one attached hydrogen (secondary N) is 2. The molecule has 174 valence electrons. The zero-order chi connectivity index (χ0) is 24.2. The van der Waals surface area contributed by atoms with E-state index in [0.29, 0.717) is 16.1 Å². The van der Waals surface area contributed by atoms with Crippen molar-refractivity contribution in [3.63, 3.8) is 0 Å². The van der Waals surface area contributed by atoms with Crippen LogP contribution in [0.15, 0.2) is 63.1 Å². The molecule has 2 heterocycles. The van der Waals surface area contributed by atoms with Crippen LogP contribution in [0.3, 0.4) is 0 Å². The second kappa shape index (κ2) is 10.0. The van der Waals surface area contributed by atoms with Gasteiger partial charge in [0.1, 0.15) is 5.58 Å². The van der Waals surface area contributed by atoms with Crippen LogP contribution in [0.2, 0.25) is 0 Å². The highest BCUT2D eigenvalue weighted by Crippen LogP contribution is 2.26. The van der Waals surface area contributed by atoms with Gasteiger partial charge in [-0.15, -0.1) is 11.3 Å². The molecule has 0 spiro atoms. The lowest BCUT2D eigenvalue weighted by atomic mass is 10.0. The molecule has 4 aromatic rings. The van der Waals surface area contributed by atoms with Crippen LogP contribution in [0.25, 0.3) is 22.2 Å². The number of carbonyl (C=O) groups is 2. The van der Waals surface area contributed by atoms with Crippen molar-refractivity contribution in [2.75, 3.05) is 5.32 Å². The highest BCUT2D eigenvalue weighted by atomic mass is 32.1. The minimum Gasteiger partial charge on any atom is -0.451 e. The monoisotopic (exact) mass is 475 g/mol. The molecule has 34 heavy (non-hydrogen) atoms. The highest BCUT2D eigenvalue weighted by Gasteiger charge is 2.15. The minimum absolute atomic E-state index is 0.0212. The first-order valence-electron chi connectivity index (χ1n) is 11.0. The molecule has 1 atom stereocenters. The van der Waals surface area contributed by atoms with Crippen molar-refractivity contribution in [3.8, 4) is 11.3 Å². The Labute approximate surface area is 200 Å². The Hall–Kier alpha value is -3.78. The van der Waals surface area contributed by atoms with Crippen molar-refractivity contribution >= 4 is 39.3 Å². The summed E-state index contributed by atoms with van der Waals surface area (Å²) in [5.41, 5.74) is 3.90. The van der Waals surface area contributed by atoms with Gasteiger partial charge < -0.3 is 9.73 Å². The summed E-state index contributed by atoms with van der Waals surface area (Å²) < 4.78 is 5.64. The third-order valence-corrected chi connectivity index (χ3v) is 6.15. The fourth-order valence-corrected chi connectivity index (χ4v) is 4.36. The third kappa shape index (κ3) is 5.58. The van der Waals surface area contributed by atoms with E-state index in [1.54, 1.807) is 12.1 Å². The zero-order valence-electron chi connectivity index (χ0n) is 19.2. The summed E-state index contributed by atoms with van der Waals surface area (Å²) in [5.74, 6) is -0.604. The zero-order valence-corrected chi connectivity index (χ0v) is 20.0. The third-order valence-electron chi connectivity index (χ3n) is 5.40. The number of anilines is 1. The number of aryl methyl sites for hydroxylation is 2. The van der Waals surface area contributed by atoms with Gasteiger partial charge in [-0.2, -0.15) is 0 Å². The summed E-state index contributed by atoms with van der Waals surface area (Å²) in [5, 5.41) is 8.33. The fourth-order valence-electron chi connectivity index (χ4n) is 3.65. The molecule has 2 aromatic heterocycles. The van der Waals surface area contributed by atoms with Gasteiger partial charge in [0.25, 0.3) is 5.91 Å². The quantitative estimate of drug-likeness (QED) is 0.394. The molecule has 0 aliphatic rings. The molecule has 7 nitrogen and oxygen atoms in total. The molecule has 0 aliphatic carbocycles. The SMILES string of the molecule is CC(=O)N[C@H](C)CCc1ccc(-c2csc(NC(=O)c3cc(=O)c4cc(C)ccc4o3)n2)cc1. The van der Waals surface area contributed by atoms with Gasteiger partial charge >= 0.3 is 0 Å². The van der Waals surface area contributed by atoms with E-state index in [1.807, 2.05) is 49.6 Å². The van der Waals surface area contributed by atoms with Gasteiger partial charge in [-0.05, 0) is 44.4 Å². The Morgan fingerprint density at radius 1 is 1.12 bits per heavy atom. The summed E-state index contributed by atoms with van der Waals surface area (Å²) in [6, 6.07) is 14.6. The molecule has 0 radical (unpaired) electrons. The van der Waals surface area contributed by atoms with E-state index >= 15 is 0 Å². The molecule has 2 N–H and O–H groups in total. The number of rotatable bonds is 7. The Morgan fingerprint density at radius 3 is 2.62 bits per heavy atom. The van der Waals surface area contributed by atoms with Crippen molar-refractivity contribution in [2.24, 2.45) is 0 Å². The summed E-state index contributed by atoms with van der Waals surface area (Å²) >= 11 is 1.30. The minimum atomic E-state index is -0.524. The Bertz CT molecular complexity index is 1410. The number of benzene rings is 2. The first-order valence-corrected chi connectivity index (χ1v) is 11.8. The maximum absolute atomic E-state index is 12.7. The number of fused-ring (bicyclic) bond motifs is 1. The lowest BCUT2D eigenvalue weighted by Crippen LogP contribution is -2.30. The van der Waals surface area contributed by atoms with Crippen molar-refractivity contribution in [1.29, 1.82) is 0 Å². The Kier molecular flexibility index (Phi) is 6.88. The standard InChI is InChI=1S/C26H25N3O4S/c1-15-4-11-23-20(12-15)22(31)13-24(33-23)25(32)29-26-28-21(14-34-26)19-9-7-18(8-10-19)6-5-16(2)27-17(3)30/h4,7-14,16H,5-6H2,1-3H3,(H,27,30)(H,28,29,32)/t16-/m1/s1. The number of nitrogens with zero attached hydrogens (tertiary/aromatic N) is 1. The Morgan fingerprint density at radius 2 is 1.88 bits per heavy atom. The van der Waals surface area contributed by atoms with E-state index in [2.05, 4.69) is 15.6 Å². The smallest absolute Gasteiger partial charge is 0.293 e. The lowest BCUT2D eigenvalue weighted by molar-refractivity contribution is -0.119. The van der Waals surface area contributed by atoms with Crippen LogP contribution >= 0.6 is 11.3 Å². The summed E-state index contributed by atoms with van der Waals surface area (Å²) in [4.78, 5) is 40.7. The summed E-state index contributed by atoms with van der Waals surface area (Å²) in [7, 11) is 0. The molecular weight excluding hydrogens is 450 g/mol.